The Morgan fingerprint density at radius 2 is 1.78 bits per heavy atom. The van der Waals surface area contributed by atoms with Crippen molar-refractivity contribution >= 4 is 15.9 Å². The number of benzene rings is 2. The van der Waals surface area contributed by atoms with Crippen LogP contribution in [-0.2, 0) is 10.0 Å². The van der Waals surface area contributed by atoms with Crippen LogP contribution in [0.1, 0.15) is 28.9 Å². The third-order valence-electron chi connectivity index (χ3n) is 3.97. The normalized spacial score (nSPS) is 12.3. The van der Waals surface area contributed by atoms with Gasteiger partial charge in [0.2, 0.25) is 10.0 Å². The van der Waals surface area contributed by atoms with Crippen molar-refractivity contribution < 1.29 is 22.7 Å². The molecule has 0 heterocycles. The molecule has 0 aliphatic heterocycles. The molecule has 0 unspecified atom stereocenters. The molecule has 7 nitrogen and oxygen atoms in total. The van der Waals surface area contributed by atoms with Crippen LogP contribution in [0.3, 0.4) is 0 Å². The Morgan fingerprint density at radius 3 is 2.41 bits per heavy atom. The summed E-state index contributed by atoms with van der Waals surface area (Å²) in [6.45, 7) is 1.75. The molecule has 0 radical (unpaired) electrons. The third-order valence-corrected chi connectivity index (χ3v) is 5.42. The molecular formula is C19H24N2O5S. The largest absolute Gasteiger partial charge is 0.497 e. The number of methoxy groups -OCH3 is 2. The lowest BCUT2D eigenvalue weighted by atomic mass is 10.1. The third kappa shape index (κ3) is 5.97. The summed E-state index contributed by atoms with van der Waals surface area (Å²) < 4.78 is 37.4. The number of carbonyl (C=O) groups excluding carboxylic acids is 1. The summed E-state index contributed by atoms with van der Waals surface area (Å²) in [6, 6.07) is 13.7. The summed E-state index contributed by atoms with van der Waals surface area (Å²) >= 11 is 0. The van der Waals surface area contributed by atoms with Crippen LogP contribution >= 0.6 is 0 Å². The Morgan fingerprint density at radius 1 is 1.07 bits per heavy atom. The first-order valence-electron chi connectivity index (χ1n) is 8.41. The minimum atomic E-state index is -3.55. The van der Waals surface area contributed by atoms with Gasteiger partial charge in [0.15, 0.2) is 0 Å². The monoisotopic (exact) mass is 392 g/mol. The highest BCUT2D eigenvalue weighted by Gasteiger charge is 2.17. The van der Waals surface area contributed by atoms with Crippen LogP contribution in [0.2, 0.25) is 0 Å². The standard InChI is InChI=1S/C19H24N2O5S/c1-14(15-7-5-4-6-8-15)21-27(23,24)12-11-20-19(22)17-10-9-16(25-2)13-18(17)26-3/h4-10,13-14,21H,11-12H2,1-3H3,(H,20,22)/t14-/m1/s1. The fourth-order valence-corrected chi connectivity index (χ4v) is 3.68. The van der Waals surface area contributed by atoms with E-state index in [4.69, 9.17) is 9.47 Å². The van der Waals surface area contributed by atoms with Crippen molar-refractivity contribution in [3.8, 4) is 11.5 Å². The van der Waals surface area contributed by atoms with Gasteiger partial charge >= 0.3 is 0 Å². The van der Waals surface area contributed by atoms with Crippen molar-refractivity contribution in [2.75, 3.05) is 26.5 Å². The zero-order chi connectivity index (χ0) is 19.9. The maximum absolute atomic E-state index is 12.3. The van der Waals surface area contributed by atoms with E-state index >= 15 is 0 Å². The molecular weight excluding hydrogens is 368 g/mol. The molecule has 2 aromatic rings. The topological polar surface area (TPSA) is 93.7 Å². The minimum absolute atomic E-state index is 0.0230. The lowest BCUT2D eigenvalue weighted by Gasteiger charge is -2.15. The van der Waals surface area contributed by atoms with E-state index in [9.17, 15) is 13.2 Å². The second kappa shape index (κ2) is 9.38. The molecule has 1 atom stereocenters. The summed E-state index contributed by atoms with van der Waals surface area (Å²) in [4.78, 5) is 12.3. The number of sulfonamides is 1. The predicted molar refractivity (Wildman–Crippen MR) is 104 cm³/mol. The number of nitrogens with one attached hydrogen (secondary N) is 2. The van der Waals surface area contributed by atoms with E-state index in [2.05, 4.69) is 10.0 Å². The molecule has 0 aromatic heterocycles. The van der Waals surface area contributed by atoms with Gasteiger partial charge in [0, 0.05) is 18.7 Å². The molecule has 2 aromatic carbocycles. The van der Waals surface area contributed by atoms with Gasteiger partial charge < -0.3 is 14.8 Å². The molecule has 0 saturated heterocycles. The van der Waals surface area contributed by atoms with E-state index in [-0.39, 0.29) is 18.3 Å². The number of amides is 1. The second-order valence-electron chi connectivity index (χ2n) is 5.89. The van der Waals surface area contributed by atoms with Crippen molar-refractivity contribution in [2.45, 2.75) is 13.0 Å². The zero-order valence-electron chi connectivity index (χ0n) is 15.6. The molecule has 1 amide bonds. The molecule has 0 saturated carbocycles. The van der Waals surface area contributed by atoms with Gasteiger partial charge in [-0.05, 0) is 24.6 Å². The van der Waals surface area contributed by atoms with Crippen molar-refractivity contribution in [3.05, 3.63) is 59.7 Å². The highest BCUT2D eigenvalue weighted by molar-refractivity contribution is 7.89. The molecule has 8 heteroatoms. The summed E-state index contributed by atoms with van der Waals surface area (Å²) in [6.07, 6.45) is 0. The molecule has 2 rings (SSSR count). The molecule has 0 aliphatic carbocycles. The van der Waals surface area contributed by atoms with E-state index in [1.165, 1.54) is 14.2 Å². The van der Waals surface area contributed by atoms with Gasteiger partial charge in [-0.3, -0.25) is 4.79 Å². The van der Waals surface area contributed by atoms with E-state index in [0.717, 1.165) is 5.56 Å². The average Bonchev–Trinajstić information content (AvgIpc) is 2.67. The van der Waals surface area contributed by atoms with Crippen molar-refractivity contribution in [3.63, 3.8) is 0 Å². The molecule has 0 aliphatic rings. The average molecular weight is 392 g/mol. The molecule has 2 N–H and O–H groups in total. The van der Waals surface area contributed by atoms with E-state index in [1.807, 2.05) is 30.3 Å². The first kappa shape index (κ1) is 20.7. The van der Waals surface area contributed by atoms with Crippen LogP contribution in [0, 0.1) is 0 Å². The molecule has 0 fully saturated rings. The van der Waals surface area contributed by atoms with E-state index in [0.29, 0.717) is 17.1 Å². The lowest BCUT2D eigenvalue weighted by molar-refractivity contribution is 0.0953. The minimum Gasteiger partial charge on any atom is -0.497 e. The first-order valence-corrected chi connectivity index (χ1v) is 10.1. The lowest BCUT2D eigenvalue weighted by Crippen LogP contribution is -2.35. The summed E-state index contributed by atoms with van der Waals surface area (Å²) in [5.74, 6) is 0.269. The highest BCUT2D eigenvalue weighted by atomic mass is 32.2. The SMILES string of the molecule is COc1ccc(C(=O)NCCS(=O)(=O)N[C@H](C)c2ccccc2)c(OC)c1. The van der Waals surface area contributed by atoms with Crippen LogP contribution < -0.4 is 19.5 Å². The van der Waals surface area contributed by atoms with Gasteiger partial charge in [-0.1, -0.05) is 30.3 Å². The fraction of sp³-hybridized carbons (Fsp3) is 0.316. The van der Waals surface area contributed by atoms with E-state index in [1.54, 1.807) is 25.1 Å². The summed E-state index contributed by atoms with van der Waals surface area (Å²) in [5.41, 5.74) is 1.18. The molecule has 27 heavy (non-hydrogen) atoms. The van der Waals surface area contributed by atoms with Gasteiger partial charge in [0.25, 0.3) is 5.91 Å². The Balaban J connectivity index is 1.92. The van der Waals surface area contributed by atoms with Crippen molar-refractivity contribution in [1.82, 2.24) is 10.0 Å². The number of hydrogen-bond acceptors (Lipinski definition) is 5. The van der Waals surface area contributed by atoms with Crippen LogP contribution in [-0.4, -0.2) is 40.8 Å². The molecule has 0 bridgehead atoms. The van der Waals surface area contributed by atoms with Gasteiger partial charge in [-0.15, -0.1) is 0 Å². The van der Waals surface area contributed by atoms with Crippen molar-refractivity contribution in [2.24, 2.45) is 0 Å². The quantitative estimate of drug-likeness (QED) is 0.682. The summed E-state index contributed by atoms with van der Waals surface area (Å²) in [7, 11) is -0.583. The maximum Gasteiger partial charge on any atom is 0.255 e. The van der Waals surface area contributed by atoms with Gasteiger partial charge in [0.1, 0.15) is 11.5 Å². The highest BCUT2D eigenvalue weighted by Crippen LogP contribution is 2.24. The number of ether oxygens (including phenoxy) is 2. The number of rotatable bonds is 9. The Labute approximate surface area is 159 Å². The Hall–Kier alpha value is -2.58. The van der Waals surface area contributed by atoms with Crippen LogP contribution in [0.15, 0.2) is 48.5 Å². The Kier molecular flexibility index (Phi) is 7.20. The predicted octanol–water partition coefficient (Wildman–Crippen LogP) is 2.11. The second-order valence-corrected chi connectivity index (χ2v) is 7.76. The van der Waals surface area contributed by atoms with Crippen molar-refractivity contribution in [1.29, 1.82) is 0 Å². The van der Waals surface area contributed by atoms with Gasteiger partial charge in [-0.25, -0.2) is 13.1 Å². The van der Waals surface area contributed by atoms with Crippen LogP contribution in [0.5, 0.6) is 11.5 Å². The van der Waals surface area contributed by atoms with Gasteiger partial charge in [0.05, 0.1) is 25.5 Å². The number of hydrogen-bond donors (Lipinski definition) is 2. The fourth-order valence-electron chi connectivity index (χ4n) is 2.52. The maximum atomic E-state index is 12.3. The smallest absolute Gasteiger partial charge is 0.255 e. The Bertz CT molecular complexity index is 869. The molecule has 146 valence electrons. The van der Waals surface area contributed by atoms with Crippen LogP contribution in [0.4, 0.5) is 0 Å². The van der Waals surface area contributed by atoms with E-state index < -0.39 is 15.9 Å². The van der Waals surface area contributed by atoms with Gasteiger partial charge in [-0.2, -0.15) is 0 Å². The summed E-state index contributed by atoms with van der Waals surface area (Å²) in [5, 5.41) is 2.60. The zero-order valence-corrected chi connectivity index (χ0v) is 16.4. The first-order chi connectivity index (χ1) is 12.9. The molecule has 0 spiro atoms. The number of carbonyl (C=O) groups is 1. The van der Waals surface area contributed by atoms with Crippen LogP contribution in [0.25, 0.3) is 0 Å².